The molecule has 0 aliphatic heterocycles. The fourth-order valence-corrected chi connectivity index (χ4v) is 5.72. The van der Waals surface area contributed by atoms with Gasteiger partial charge in [0.1, 0.15) is 18.3 Å². The average molecular weight is 596 g/mol. The molecule has 1 aliphatic rings. The number of nitrogens with zero attached hydrogens (tertiary/aromatic N) is 2. The van der Waals surface area contributed by atoms with E-state index < -0.39 is 18.1 Å². The lowest BCUT2D eigenvalue weighted by Gasteiger charge is -2.18. The van der Waals surface area contributed by atoms with Crippen molar-refractivity contribution >= 4 is 33.6 Å². The van der Waals surface area contributed by atoms with E-state index in [9.17, 15) is 14.7 Å². The third-order valence-corrected chi connectivity index (χ3v) is 7.81. The third kappa shape index (κ3) is 4.86. The number of hydrogen-bond acceptors (Lipinski definition) is 4. The quantitative estimate of drug-likeness (QED) is 0.221. The highest BCUT2D eigenvalue weighted by atomic mass is 79.9. The van der Waals surface area contributed by atoms with Crippen LogP contribution >= 0.6 is 15.9 Å². The van der Waals surface area contributed by atoms with E-state index in [0.717, 1.165) is 37.9 Å². The minimum atomic E-state index is -1.22. The summed E-state index contributed by atoms with van der Waals surface area (Å²) in [6, 6.07) is 26.6. The van der Waals surface area contributed by atoms with Crippen molar-refractivity contribution < 1.29 is 19.4 Å². The minimum absolute atomic E-state index is 0.0142. The summed E-state index contributed by atoms with van der Waals surface area (Å²) in [5.74, 6) is -1.28. The molecule has 7 nitrogen and oxygen atoms in total. The zero-order valence-electron chi connectivity index (χ0n) is 21.7. The summed E-state index contributed by atoms with van der Waals surface area (Å²) in [4.78, 5) is 30.1. The number of aryl methyl sites for hydroxylation is 1. The molecule has 1 atom stereocenters. The van der Waals surface area contributed by atoms with Crippen molar-refractivity contribution in [2.45, 2.75) is 25.3 Å². The minimum Gasteiger partial charge on any atom is -0.480 e. The number of pyridine rings is 1. The van der Waals surface area contributed by atoms with E-state index in [1.54, 1.807) is 0 Å². The van der Waals surface area contributed by atoms with Crippen LogP contribution in [0.4, 0.5) is 4.79 Å². The van der Waals surface area contributed by atoms with E-state index in [1.807, 2.05) is 90.3 Å². The first kappa shape index (κ1) is 25.8. The summed E-state index contributed by atoms with van der Waals surface area (Å²) in [5, 5.41) is 12.7. The number of fused-ring (bicyclic) bond motifs is 4. The molecule has 8 heteroatoms. The first-order valence-electron chi connectivity index (χ1n) is 13.0. The summed E-state index contributed by atoms with van der Waals surface area (Å²) in [6.45, 7) is 2.10. The van der Waals surface area contributed by atoms with Gasteiger partial charge in [-0.15, -0.1) is 0 Å². The molecule has 6 rings (SSSR count). The van der Waals surface area contributed by atoms with Gasteiger partial charge in [0.05, 0.1) is 11.4 Å². The SMILES string of the molecule is Cc1ccc(-c2nc3ccc(Br)cn3c2CC(NC(=O)OCC2c3ccccc3-c3ccccc32)C(=O)O)cc1. The third-order valence-electron chi connectivity index (χ3n) is 7.34. The van der Waals surface area contributed by atoms with Gasteiger partial charge in [-0.3, -0.25) is 0 Å². The lowest BCUT2D eigenvalue weighted by Crippen LogP contribution is -2.43. The van der Waals surface area contributed by atoms with Gasteiger partial charge in [-0.05, 0) is 57.2 Å². The van der Waals surface area contributed by atoms with Gasteiger partial charge in [0.25, 0.3) is 0 Å². The summed E-state index contributed by atoms with van der Waals surface area (Å²) in [7, 11) is 0. The molecule has 1 aliphatic carbocycles. The second kappa shape index (κ2) is 10.6. The Kier molecular flexibility index (Phi) is 6.86. The molecule has 3 aromatic carbocycles. The van der Waals surface area contributed by atoms with Crippen molar-refractivity contribution in [1.82, 2.24) is 14.7 Å². The van der Waals surface area contributed by atoms with Crippen LogP contribution in [0.25, 0.3) is 28.0 Å². The van der Waals surface area contributed by atoms with E-state index >= 15 is 0 Å². The number of imidazole rings is 1. The molecule has 1 amide bonds. The van der Waals surface area contributed by atoms with Gasteiger partial charge < -0.3 is 19.6 Å². The molecule has 0 spiro atoms. The predicted octanol–water partition coefficient (Wildman–Crippen LogP) is 6.61. The standard InChI is InChI=1S/C32H26BrN3O4/c1-19-10-12-20(13-11-19)30-28(36-17-21(33)14-15-29(36)35-30)16-27(31(37)38)34-32(39)40-18-26-24-8-4-2-6-22(24)23-7-3-5-9-25(23)26/h2-15,17,26-27H,16,18H2,1H3,(H,34,39)(H,37,38). The number of ether oxygens (including phenoxy) is 1. The fraction of sp³-hybridized carbons (Fsp3) is 0.156. The Balaban J connectivity index is 1.24. The van der Waals surface area contributed by atoms with Gasteiger partial charge in [0.2, 0.25) is 0 Å². The number of carboxylic acid groups (broad SMARTS) is 1. The van der Waals surface area contributed by atoms with E-state index in [4.69, 9.17) is 9.72 Å². The number of hydrogen-bond donors (Lipinski definition) is 2. The first-order valence-corrected chi connectivity index (χ1v) is 13.8. The largest absolute Gasteiger partial charge is 0.480 e. The molecule has 2 N–H and O–H groups in total. The van der Waals surface area contributed by atoms with Crippen molar-refractivity contribution in [2.75, 3.05) is 6.61 Å². The maximum Gasteiger partial charge on any atom is 0.407 e. The topological polar surface area (TPSA) is 92.9 Å². The van der Waals surface area contributed by atoms with Crippen molar-refractivity contribution in [2.24, 2.45) is 0 Å². The Morgan fingerprint density at radius 2 is 1.62 bits per heavy atom. The normalized spacial score (nSPS) is 13.1. The molecule has 40 heavy (non-hydrogen) atoms. The summed E-state index contributed by atoms with van der Waals surface area (Å²) in [5.41, 5.74) is 8.42. The molecule has 5 aromatic rings. The van der Waals surface area contributed by atoms with Gasteiger partial charge in [-0.25, -0.2) is 14.6 Å². The van der Waals surface area contributed by atoms with Gasteiger partial charge in [-0.1, -0.05) is 78.4 Å². The van der Waals surface area contributed by atoms with Gasteiger partial charge in [-0.2, -0.15) is 0 Å². The zero-order chi connectivity index (χ0) is 27.8. The highest BCUT2D eigenvalue weighted by Gasteiger charge is 2.30. The number of alkyl carbamates (subject to hydrolysis) is 1. The Morgan fingerprint density at radius 3 is 2.27 bits per heavy atom. The average Bonchev–Trinajstić information content (AvgIpc) is 3.47. The van der Waals surface area contributed by atoms with Crippen LogP contribution in [0.2, 0.25) is 0 Å². The van der Waals surface area contributed by atoms with E-state index in [0.29, 0.717) is 17.0 Å². The summed E-state index contributed by atoms with van der Waals surface area (Å²) >= 11 is 3.50. The van der Waals surface area contributed by atoms with E-state index in [-0.39, 0.29) is 18.9 Å². The Labute approximate surface area is 239 Å². The Hall–Kier alpha value is -4.43. The number of aliphatic carboxylic acids is 1. The molecule has 0 saturated carbocycles. The summed E-state index contributed by atoms with van der Waals surface area (Å²) < 4.78 is 8.31. The van der Waals surface area contributed by atoms with E-state index in [1.165, 1.54) is 0 Å². The van der Waals surface area contributed by atoms with Crippen LogP contribution in [0.5, 0.6) is 0 Å². The van der Waals surface area contributed by atoms with Gasteiger partial charge in [0.15, 0.2) is 0 Å². The molecule has 0 fully saturated rings. The first-order chi connectivity index (χ1) is 19.4. The molecule has 1 unspecified atom stereocenters. The van der Waals surface area contributed by atoms with Crippen LogP contribution in [0.1, 0.15) is 28.3 Å². The molecular weight excluding hydrogens is 570 g/mol. The zero-order valence-corrected chi connectivity index (χ0v) is 23.3. The number of halogens is 1. The van der Waals surface area contributed by atoms with Crippen LogP contribution in [0, 0.1) is 6.92 Å². The second-order valence-corrected chi connectivity index (χ2v) is 10.8. The van der Waals surface area contributed by atoms with Crippen LogP contribution in [-0.2, 0) is 16.0 Å². The highest BCUT2D eigenvalue weighted by Crippen LogP contribution is 2.44. The van der Waals surface area contributed by atoms with Gasteiger partial charge in [0, 0.05) is 28.6 Å². The molecule has 2 heterocycles. The number of nitrogens with one attached hydrogen (secondary N) is 1. The Morgan fingerprint density at radius 1 is 0.975 bits per heavy atom. The van der Waals surface area contributed by atoms with E-state index in [2.05, 4.69) is 33.4 Å². The molecule has 0 radical (unpaired) electrons. The lowest BCUT2D eigenvalue weighted by molar-refractivity contribution is -0.139. The summed E-state index contributed by atoms with van der Waals surface area (Å²) in [6.07, 6.45) is 1.09. The van der Waals surface area contributed by atoms with Crippen molar-refractivity contribution in [1.29, 1.82) is 0 Å². The molecule has 0 bridgehead atoms. The van der Waals surface area contributed by atoms with Crippen LogP contribution in [-0.4, -0.2) is 39.2 Å². The number of carbonyl (C=O) groups excluding carboxylic acids is 1. The van der Waals surface area contributed by atoms with Crippen molar-refractivity contribution in [3.63, 3.8) is 0 Å². The van der Waals surface area contributed by atoms with Crippen LogP contribution in [0.3, 0.4) is 0 Å². The number of amides is 1. The monoisotopic (exact) mass is 595 g/mol. The molecular formula is C32H26BrN3O4. The van der Waals surface area contributed by atoms with Gasteiger partial charge >= 0.3 is 12.1 Å². The maximum atomic E-state index is 13.0. The van der Waals surface area contributed by atoms with Crippen LogP contribution < -0.4 is 5.32 Å². The number of rotatable bonds is 7. The number of carboxylic acids is 1. The molecule has 200 valence electrons. The maximum absolute atomic E-state index is 13.0. The molecule has 0 saturated heterocycles. The fourth-order valence-electron chi connectivity index (χ4n) is 5.38. The predicted molar refractivity (Wildman–Crippen MR) is 156 cm³/mol. The van der Waals surface area contributed by atoms with Crippen molar-refractivity contribution in [3.05, 3.63) is 118 Å². The highest BCUT2D eigenvalue weighted by molar-refractivity contribution is 9.10. The molecule has 2 aromatic heterocycles. The lowest BCUT2D eigenvalue weighted by atomic mass is 9.98. The second-order valence-electron chi connectivity index (χ2n) is 9.91. The van der Waals surface area contributed by atoms with Crippen molar-refractivity contribution in [3.8, 4) is 22.4 Å². The number of aromatic nitrogens is 2. The smallest absolute Gasteiger partial charge is 0.407 e. The number of benzene rings is 3. The van der Waals surface area contributed by atoms with Crippen LogP contribution in [0.15, 0.2) is 95.6 Å². The Bertz CT molecular complexity index is 1700. The number of carbonyl (C=O) groups is 2.